The van der Waals surface area contributed by atoms with Crippen LogP contribution >= 0.6 is 0 Å². The fourth-order valence-electron chi connectivity index (χ4n) is 5.05. The van der Waals surface area contributed by atoms with Gasteiger partial charge in [0.1, 0.15) is 17.7 Å². The highest BCUT2D eigenvalue weighted by atomic mass is 16.6. The Bertz CT molecular complexity index is 1580. The number of aliphatic hydroxyl groups is 1. The summed E-state index contributed by atoms with van der Waals surface area (Å²) in [6.45, 7) is 7.15. The molecule has 0 radical (unpaired) electrons. The number of hydrogen-bond donors (Lipinski definition) is 2. The van der Waals surface area contributed by atoms with E-state index in [1.165, 1.54) is 17.7 Å². The number of aryl methyl sites for hydroxylation is 1. The lowest BCUT2D eigenvalue weighted by Crippen LogP contribution is -2.40. The van der Waals surface area contributed by atoms with Crippen LogP contribution in [0.1, 0.15) is 69.3 Å². The summed E-state index contributed by atoms with van der Waals surface area (Å²) < 4.78 is 5.60. The molecule has 2 aromatic heterocycles. The largest absolute Gasteiger partial charge is 0.443 e. The van der Waals surface area contributed by atoms with Crippen LogP contribution in [0.4, 0.5) is 22.1 Å². The van der Waals surface area contributed by atoms with Gasteiger partial charge in [0.2, 0.25) is 5.95 Å². The molecule has 10 heteroatoms. The number of carbonyl (C=O) groups is 1. The van der Waals surface area contributed by atoms with Gasteiger partial charge in [0.05, 0.1) is 40.5 Å². The molecule has 10 nitrogen and oxygen atoms in total. The number of fused-ring (bicyclic) bond motifs is 1. The van der Waals surface area contributed by atoms with Gasteiger partial charge >= 0.3 is 6.09 Å². The van der Waals surface area contributed by atoms with Crippen molar-refractivity contribution in [3.63, 3.8) is 0 Å². The topological polar surface area (TPSA) is 148 Å². The lowest BCUT2D eigenvalue weighted by molar-refractivity contribution is 0.0575. The first-order valence-corrected chi connectivity index (χ1v) is 13.7. The smallest absolute Gasteiger partial charge is 0.414 e. The molecule has 0 saturated heterocycles. The normalized spacial score (nSPS) is 17.9. The van der Waals surface area contributed by atoms with E-state index in [9.17, 15) is 20.4 Å². The Kier molecular flexibility index (Phi) is 7.37. The highest BCUT2D eigenvalue weighted by Gasteiger charge is 2.44. The number of pyridine rings is 1. The number of carbonyl (C=O) groups excluding carboxylic acids is 1. The average molecular weight is 552 g/mol. The van der Waals surface area contributed by atoms with Crippen LogP contribution in [-0.4, -0.2) is 44.9 Å². The van der Waals surface area contributed by atoms with E-state index < -0.39 is 17.1 Å². The van der Waals surface area contributed by atoms with Crippen LogP contribution in [0.2, 0.25) is 0 Å². The van der Waals surface area contributed by atoms with Crippen molar-refractivity contribution in [1.82, 2.24) is 15.0 Å². The summed E-state index contributed by atoms with van der Waals surface area (Å²) >= 11 is 0. The van der Waals surface area contributed by atoms with Crippen molar-refractivity contribution in [2.75, 3.05) is 23.4 Å². The number of nitriles is 2. The molecule has 1 saturated carbocycles. The summed E-state index contributed by atoms with van der Waals surface area (Å²) in [5.74, 6) is 1.07. The molecule has 210 valence electrons. The molecule has 1 aliphatic carbocycles. The molecule has 2 aliphatic rings. The molecule has 2 N–H and O–H groups in total. The molecule has 0 bridgehead atoms. The molecule has 5 rings (SSSR count). The standard InChI is InChI=1S/C31H33N7O3/c1-30(2,3)41-29(40)38-17-31(4,18-39)23-13-21(12-22(15-33)27(23)38)24-9-10-34-28(36-24)37-26-11-20(14-32)16-35-25(26)8-7-19-5-6-19/h9-13,16,19,39H,5-8,17-18H2,1-4H3,(H,34,36,37)/t31-/m1/s1. The molecule has 0 spiro atoms. The summed E-state index contributed by atoms with van der Waals surface area (Å²) in [4.78, 5) is 28.1. The van der Waals surface area contributed by atoms with Gasteiger partial charge in [0.25, 0.3) is 0 Å². The fraction of sp³-hybridized carbons (Fsp3) is 0.419. The molecule has 3 heterocycles. The number of rotatable bonds is 7. The van der Waals surface area contributed by atoms with Gasteiger partial charge < -0.3 is 15.2 Å². The third kappa shape index (κ3) is 5.98. The van der Waals surface area contributed by atoms with Gasteiger partial charge in [-0.3, -0.25) is 9.88 Å². The summed E-state index contributed by atoms with van der Waals surface area (Å²) in [6.07, 6.45) is 6.97. The Morgan fingerprint density at radius 1 is 1.22 bits per heavy atom. The fourth-order valence-corrected chi connectivity index (χ4v) is 5.05. The number of nitrogens with one attached hydrogen (secondary N) is 1. The van der Waals surface area contributed by atoms with Crippen LogP contribution in [-0.2, 0) is 16.6 Å². The molecule has 1 aliphatic heterocycles. The molecule has 1 fully saturated rings. The minimum absolute atomic E-state index is 0.175. The van der Waals surface area contributed by atoms with Gasteiger partial charge in [-0.05, 0) is 69.4 Å². The van der Waals surface area contributed by atoms with Gasteiger partial charge in [0, 0.05) is 29.9 Å². The minimum Gasteiger partial charge on any atom is -0.443 e. The van der Waals surface area contributed by atoms with Crippen LogP contribution < -0.4 is 10.2 Å². The molecule has 1 amide bonds. The number of anilines is 3. The van der Waals surface area contributed by atoms with E-state index in [1.54, 1.807) is 51.4 Å². The predicted molar refractivity (Wildman–Crippen MR) is 153 cm³/mol. The van der Waals surface area contributed by atoms with Gasteiger partial charge in [0.15, 0.2) is 0 Å². The van der Waals surface area contributed by atoms with Crippen molar-refractivity contribution in [3.8, 4) is 23.4 Å². The first-order chi connectivity index (χ1) is 19.5. The number of hydrogen-bond acceptors (Lipinski definition) is 9. The second-order valence-corrected chi connectivity index (χ2v) is 12.0. The number of aliphatic hydroxyl groups excluding tert-OH is 1. The van der Waals surface area contributed by atoms with Crippen LogP contribution in [0, 0.1) is 28.6 Å². The lowest BCUT2D eigenvalue weighted by atomic mass is 9.83. The maximum atomic E-state index is 13.1. The van der Waals surface area contributed by atoms with E-state index in [0.717, 1.165) is 24.5 Å². The van der Waals surface area contributed by atoms with Gasteiger partial charge in [-0.15, -0.1) is 0 Å². The van der Waals surface area contributed by atoms with Gasteiger partial charge in [-0.1, -0.05) is 19.8 Å². The van der Waals surface area contributed by atoms with Crippen LogP contribution in [0.25, 0.3) is 11.3 Å². The van der Waals surface area contributed by atoms with Crippen molar-refractivity contribution in [1.29, 1.82) is 10.5 Å². The summed E-state index contributed by atoms with van der Waals surface area (Å²) in [5, 5.41) is 33.1. The summed E-state index contributed by atoms with van der Waals surface area (Å²) in [6, 6.07) is 11.4. The lowest BCUT2D eigenvalue weighted by Gasteiger charge is -2.26. The quantitative estimate of drug-likeness (QED) is 0.395. The highest BCUT2D eigenvalue weighted by Crippen LogP contribution is 2.45. The molecular formula is C31H33N7O3. The van der Waals surface area contributed by atoms with E-state index in [-0.39, 0.29) is 18.7 Å². The Morgan fingerprint density at radius 3 is 2.66 bits per heavy atom. The Labute approximate surface area is 239 Å². The van der Waals surface area contributed by atoms with Crippen LogP contribution in [0.3, 0.4) is 0 Å². The monoisotopic (exact) mass is 551 g/mol. The molecular weight excluding hydrogens is 518 g/mol. The Balaban J connectivity index is 1.50. The maximum absolute atomic E-state index is 13.1. The van der Waals surface area contributed by atoms with Crippen molar-refractivity contribution in [2.24, 2.45) is 5.92 Å². The van der Waals surface area contributed by atoms with Gasteiger partial charge in [-0.2, -0.15) is 10.5 Å². The molecule has 1 aromatic carbocycles. The Morgan fingerprint density at radius 2 is 2.00 bits per heavy atom. The summed E-state index contributed by atoms with van der Waals surface area (Å²) in [5.41, 5.74) is 3.06. The zero-order valence-corrected chi connectivity index (χ0v) is 23.7. The zero-order valence-electron chi connectivity index (χ0n) is 23.7. The molecule has 0 unspecified atom stereocenters. The van der Waals surface area contributed by atoms with E-state index in [1.807, 2.05) is 13.0 Å². The van der Waals surface area contributed by atoms with Crippen molar-refractivity contribution in [2.45, 2.75) is 64.4 Å². The molecule has 1 atom stereocenters. The second-order valence-electron chi connectivity index (χ2n) is 12.0. The second kappa shape index (κ2) is 10.8. The van der Waals surface area contributed by atoms with Crippen molar-refractivity contribution in [3.05, 3.63) is 59.0 Å². The maximum Gasteiger partial charge on any atom is 0.414 e. The van der Waals surface area contributed by atoms with E-state index in [2.05, 4.69) is 27.4 Å². The molecule has 3 aromatic rings. The molecule has 41 heavy (non-hydrogen) atoms. The van der Waals surface area contributed by atoms with Crippen LogP contribution in [0.15, 0.2) is 36.7 Å². The van der Waals surface area contributed by atoms with E-state index >= 15 is 0 Å². The number of amides is 1. The summed E-state index contributed by atoms with van der Waals surface area (Å²) in [7, 11) is 0. The van der Waals surface area contributed by atoms with Crippen molar-refractivity contribution >= 4 is 23.4 Å². The first kappa shape index (κ1) is 28.0. The number of ether oxygens (including phenoxy) is 1. The van der Waals surface area contributed by atoms with Crippen LogP contribution in [0.5, 0.6) is 0 Å². The van der Waals surface area contributed by atoms with Crippen molar-refractivity contribution < 1.29 is 14.6 Å². The number of benzene rings is 1. The number of aromatic nitrogens is 3. The highest BCUT2D eigenvalue weighted by molar-refractivity contribution is 5.95. The first-order valence-electron chi connectivity index (χ1n) is 13.7. The number of nitrogens with zero attached hydrogens (tertiary/aromatic N) is 6. The third-order valence-electron chi connectivity index (χ3n) is 7.40. The van der Waals surface area contributed by atoms with Gasteiger partial charge in [-0.25, -0.2) is 14.8 Å². The Hall–Kier alpha value is -4.54. The van der Waals surface area contributed by atoms with E-state index in [0.29, 0.717) is 39.7 Å². The van der Waals surface area contributed by atoms with E-state index in [4.69, 9.17) is 9.72 Å². The predicted octanol–water partition coefficient (Wildman–Crippen LogP) is 5.37. The third-order valence-corrected chi connectivity index (χ3v) is 7.40. The zero-order chi connectivity index (χ0) is 29.4. The minimum atomic E-state index is -0.804. The SMILES string of the molecule is CC(C)(C)OC(=O)N1C[C@](C)(CO)c2cc(-c3ccnc(Nc4cc(C#N)cnc4CCC4CC4)n3)cc(C#N)c21. The average Bonchev–Trinajstić information content (AvgIpc) is 3.73.